The fraction of sp³-hybridized carbons (Fsp3) is 0.857. The first-order valence-electron chi connectivity index (χ1n) is 6.28. The second kappa shape index (κ2) is 6.47. The van der Waals surface area contributed by atoms with E-state index in [1.54, 1.807) is 0 Å². The lowest BCUT2D eigenvalue weighted by Crippen LogP contribution is -2.41. The molecule has 0 saturated heterocycles. The number of hydrogen-bond acceptors (Lipinski definition) is 1. The van der Waals surface area contributed by atoms with Crippen molar-refractivity contribution in [3.63, 3.8) is 0 Å². The highest BCUT2D eigenvalue weighted by atomic mass is 28.4. The van der Waals surface area contributed by atoms with Gasteiger partial charge in [-0.15, -0.1) is 12.3 Å². The Hall–Kier alpha value is -0.263. The molecule has 16 heavy (non-hydrogen) atoms. The topological polar surface area (TPSA) is 9.23 Å². The van der Waals surface area contributed by atoms with Crippen molar-refractivity contribution in [3.05, 3.63) is 0 Å². The second-order valence-electron chi connectivity index (χ2n) is 6.27. The highest BCUT2D eigenvalue weighted by Gasteiger charge is 2.37. The molecule has 0 saturated carbocycles. The Morgan fingerprint density at radius 3 is 2.31 bits per heavy atom. The summed E-state index contributed by atoms with van der Waals surface area (Å²) in [5.41, 5.74) is 0. The van der Waals surface area contributed by atoms with E-state index in [0.29, 0.717) is 11.0 Å². The average Bonchev–Trinajstić information content (AvgIpc) is 2.13. The molecule has 0 heterocycles. The van der Waals surface area contributed by atoms with Crippen molar-refractivity contribution in [2.45, 2.75) is 65.1 Å². The molecule has 2 heteroatoms. The molecule has 0 spiro atoms. The maximum Gasteiger partial charge on any atom is 0.191 e. The van der Waals surface area contributed by atoms with Crippen LogP contribution in [0.2, 0.25) is 18.1 Å². The molecule has 0 unspecified atom stereocenters. The van der Waals surface area contributed by atoms with Gasteiger partial charge in [0, 0.05) is 13.0 Å². The van der Waals surface area contributed by atoms with Gasteiger partial charge in [-0.2, -0.15) is 0 Å². The van der Waals surface area contributed by atoms with E-state index in [1.807, 2.05) is 0 Å². The summed E-state index contributed by atoms with van der Waals surface area (Å²) >= 11 is 0. The van der Waals surface area contributed by atoms with Crippen LogP contribution in [0, 0.1) is 18.3 Å². The summed E-state index contributed by atoms with van der Waals surface area (Å²) in [6.07, 6.45) is 8.44. The summed E-state index contributed by atoms with van der Waals surface area (Å²) in [4.78, 5) is 0. The zero-order valence-electron chi connectivity index (χ0n) is 11.9. The molecule has 0 bridgehead atoms. The van der Waals surface area contributed by atoms with Gasteiger partial charge in [-0.25, -0.2) is 0 Å². The van der Waals surface area contributed by atoms with Gasteiger partial charge in [0.1, 0.15) is 0 Å². The monoisotopic (exact) mass is 240 g/mol. The average molecular weight is 240 g/mol. The van der Waals surface area contributed by atoms with Crippen LogP contribution >= 0.6 is 0 Å². The van der Waals surface area contributed by atoms with E-state index >= 15 is 0 Å². The molecule has 0 fully saturated rings. The minimum absolute atomic E-state index is 0.311. The maximum absolute atomic E-state index is 6.17. The zero-order valence-corrected chi connectivity index (χ0v) is 12.9. The smallest absolute Gasteiger partial charge is 0.191 e. The van der Waals surface area contributed by atoms with Crippen molar-refractivity contribution in [1.29, 1.82) is 0 Å². The minimum Gasteiger partial charge on any atom is -0.417 e. The van der Waals surface area contributed by atoms with Gasteiger partial charge in [0.05, 0.1) is 0 Å². The normalized spacial score (nSPS) is 14.6. The lowest BCUT2D eigenvalue weighted by atomic mass is 10.1. The van der Waals surface area contributed by atoms with Gasteiger partial charge < -0.3 is 4.43 Å². The number of unbranched alkanes of at least 4 members (excludes halogenated alkanes) is 1. The van der Waals surface area contributed by atoms with Gasteiger partial charge in [0.2, 0.25) is 0 Å². The maximum atomic E-state index is 6.17. The van der Waals surface area contributed by atoms with E-state index in [0.717, 1.165) is 19.4 Å². The molecule has 1 nitrogen and oxygen atoms in total. The predicted molar refractivity (Wildman–Crippen MR) is 75.0 cm³/mol. The third-order valence-corrected chi connectivity index (χ3v) is 8.05. The van der Waals surface area contributed by atoms with E-state index in [1.165, 1.54) is 6.42 Å². The van der Waals surface area contributed by atoms with E-state index in [4.69, 9.17) is 10.8 Å². The lowest BCUT2D eigenvalue weighted by molar-refractivity contribution is 0.229. The van der Waals surface area contributed by atoms with Gasteiger partial charge in [-0.3, -0.25) is 0 Å². The first-order chi connectivity index (χ1) is 7.20. The Morgan fingerprint density at radius 2 is 1.88 bits per heavy atom. The quantitative estimate of drug-likeness (QED) is 0.379. The summed E-state index contributed by atoms with van der Waals surface area (Å²) < 4.78 is 6.17. The molecule has 0 rings (SSSR count). The summed E-state index contributed by atoms with van der Waals surface area (Å²) in [7, 11) is -1.56. The highest BCUT2D eigenvalue weighted by molar-refractivity contribution is 6.74. The van der Waals surface area contributed by atoms with Crippen molar-refractivity contribution >= 4 is 8.32 Å². The van der Waals surface area contributed by atoms with Crippen molar-refractivity contribution in [1.82, 2.24) is 0 Å². The van der Waals surface area contributed by atoms with Gasteiger partial charge in [0.15, 0.2) is 8.32 Å². The zero-order chi connectivity index (χ0) is 12.8. The Bertz CT molecular complexity index is 232. The summed E-state index contributed by atoms with van der Waals surface area (Å²) in [6.45, 7) is 14.6. The standard InChI is InChI=1S/C14H28OSi/c1-8-9-10-11-13(2)12-15-16(6,7)14(3,4)5/h1,13H,9-12H2,2-7H3/t13-/m0/s1. The van der Waals surface area contributed by atoms with E-state index in [-0.39, 0.29) is 0 Å². The molecule has 0 aromatic heterocycles. The van der Waals surface area contributed by atoms with Crippen LogP contribution in [0.3, 0.4) is 0 Å². The van der Waals surface area contributed by atoms with Gasteiger partial charge >= 0.3 is 0 Å². The third kappa shape index (κ3) is 5.72. The van der Waals surface area contributed by atoms with Crippen LogP contribution in [0.4, 0.5) is 0 Å². The Labute approximate surface area is 103 Å². The van der Waals surface area contributed by atoms with Crippen molar-refractivity contribution < 1.29 is 4.43 Å². The molecular weight excluding hydrogens is 212 g/mol. The van der Waals surface area contributed by atoms with Crippen LogP contribution in [0.25, 0.3) is 0 Å². The van der Waals surface area contributed by atoms with Crippen LogP contribution in [0.5, 0.6) is 0 Å². The Kier molecular flexibility index (Phi) is 6.36. The molecule has 0 aromatic rings. The van der Waals surface area contributed by atoms with Crippen molar-refractivity contribution in [3.8, 4) is 12.3 Å². The first kappa shape index (κ1) is 15.7. The second-order valence-corrected chi connectivity index (χ2v) is 11.1. The summed E-state index contributed by atoms with van der Waals surface area (Å²) in [5, 5.41) is 0.311. The molecule has 0 radical (unpaired) electrons. The fourth-order valence-corrected chi connectivity index (χ4v) is 2.34. The molecule has 94 valence electrons. The largest absolute Gasteiger partial charge is 0.417 e. The molecule has 0 N–H and O–H groups in total. The van der Waals surface area contributed by atoms with Gasteiger partial charge in [-0.1, -0.05) is 27.7 Å². The Balaban J connectivity index is 3.92. The van der Waals surface area contributed by atoms with E-state index in [9.17, 15) is 0 Å². The molecule has 1 atom stereocenters. The van der Waals surface area contributed by atoms with Crippen LogP contribution in [0.15, 0.2) is 0 Å². The SMILES string of the molecule is C#CCCC[C@H](C)CO[Si](C)(C)C(C)(C)C. The van der Waals surface area contributed by atoms with Gasteiger partial charge in [0.25, 0.3) is 0 Å². The third-order valence-electron chi connectivity index (χ3n) is 3.55. The number of hydrogen-bond donors (Lipinski definition) is 0. The molecule has 0 aliphatic heterocycles. The first-order valence-corrected chi connectivity index (χ1v) is 9.19. The minimum atomic E-state index is -1.56. The predicted octanol–water partition coefficient (Wildman–Crippen LogP) is 4.45. The number of terminal acetylenes is 1. The van der Waals surface area contributed by atoms with Crippen LogP contribution in [-0.2, 0) is 4.43 Å². The summed E-state index contributed by atoms with van der Waals surface area (Å²) in [6, 6.07) is 0. The highest BCUT2D eigenvalue weighted by Crippen LogP contribution is 2.36. The van der Waals surface area contributed by atoms with Crippen molar-refractivity contribution in [2.75, 3.05) is 6.61 Å². The van der Waals surface area contributed by atoms with Crippen LogP contribution < -0.4 is 0 Å². The molecule has 0 aliphatic carbocycles. The van der Waals surface area contributed by atoms with E-state index < -0.39 is 8.32 Å². The fourth-order valence-electron chi connectivity index (χ4n) is 1.20. The van der Waals surface area contributed by atoms with E-state index in [2.05, 4.69) is 46.7 Å². The summed E-state index contributed by atoms with van der Waals surface area (Å²) in [5.74, 6) is 3.31. The lowest BCUT2D eigenvalue weighted by Gasteiger charge is -2.37. The van der Waals surface area contributed by atoms with Crippen LogP contribution in [-0.4, -0.2) is 14.9 Å². The number of rotatable bonds is 6. The van der Waals surface area contributed by atoms with Gasteiger partial charge in [-0.05, 0) is 36.9 Å². The molecular formula is C14H28OSi. The molecule has 0 aromatic carbocycles. The Morgan fingerprint density at radius 1 is 1.31 bits per heavy atom. The molecule has 0 amide bonds. The van der Waals surface area contributed by atoms with Crippen LogP contribution in [0.1, 0.15) is 47.0 Å². The molecule has 0 aliphatic rings. The van der Waals surface area contributed by atoms with Crippen molar-refractivity contribution in [2.24, 2.45) is 5.92 Å².